The van der Waals surface area contributed by atoms with E-state index in [0.29, 0.717) is 15.9 Å². The van der Waals surface area contributed by atoms with Gasteiger partial charge in [-0.15, -0.1) is 11.3 Å². The quantitative estimate of drug-likeness (QED) is 0.552. The lowest BCUT2D eigenvalue weighted by atomic mass is 10.0. The van der Waals surface area contributed by atoms with Gasteiger partial charge in [0, 0.05) is 18.7 Å². The average Bonchev–Trinajstić information content (AvgIpc) is 3.38. The second kappa shape index (κ2) is 6.15. The number of imidazole rings is 1. The van der Waals surface area contributed by atoms with Crippen LogP contribution in [0.2, 0.25) is 4.34 Å². The minimum atomic E-state index is -0.322. The van der Waals surface area contributed by atoms with Crippen LogP contribution in [0.4, 0.5) is 0 Å². The zero-order chi connectivity index (χ0) is 17.7. The van der Waals surface area contributed by atoms with Crippen LogP contribution in [0.25, 0.3) is 10.2 Å². The minimum Gasteiger partial charge on any atom is -0.348 e. The van der Waals surface area contributed by atoms with Gasteiger partial charge in [-0.25, -0.2) is 15.0 Å². The molecule has 6 nitrogen and oxygen atoms in total. The van der Waals surface area contributed by atoms with E-state index in [2.05, 4.69) is 15.0 Å². The lowest BCUT2D eigenvalue weighted by molar-refractivity contribution is 0.0690. The van der Waals surface area contributed by atoms with Crippen LogP contribution in [0.1, 0.15) is 32.2 Å². The lowest BCUT2D eigenvalue weighted by Gasteiger charge is -2.33. The number of carbonyl (C=O) groups excluding carboxylic acids is 1. The Balaban J connectivity index is 1.63. The Hall–Kier alpha value is -2.29. The largest absolute Gasteiger partial charge is 0.348 e. The van der Waals surface area contributed by atoms with E-state index in [1.807, 2.05) is 24.3 Å². The Morgan fingerprint density at radius 3 is 2.96 bits per heavy atom. The molecule has 1 amide bonds. The highest BCUT2D eigenvalue weighted by Crippen LogP contribution is 2.38. The van der Waals surface area contributed by atoms with Crippen molar-refractivity contribution in [2.24, 2.45) is 0 Å². The maximum Gasteiger partial charge on any atom is 0.283 e. The molecular formula is C17H12ClN5OS2. The predicted octanol–water partition coefficient (Wildman–Crippen LogP) is 3.92. The van der Waals surface area contributed by atoms with Gasteiger partial charge in [0.05, 0.1) is 28.4 Å². The van der Waals surface area contributed by atoms with Crippen molar-refractivity contribution in [3.8, 4) is 0 Å². The number of nitrogens with one attached hydrogen (secondary N) is 1. The molecule has 0 radical (unpaired) electrons. The van der Waals surface area contributed by atoms with Crippen molar-refractivity contribution in [3.05, 3.63) is 62.5 Å². The highest BCUT2D eigenvalue weighted by Gasteiger charge is 2.37. The summed E-state index contributed by atoms with van der Waals surface area (Å²) in [6.45, 7) is 0.575. The molecule has 0 bridgehead atoms. The van der Waals surface area contributed by atoms with Gasteiger partial charge in [-0.3, -0.25) is 4.79 Å². The number of aromatic nitrogens is 4. The van der Waals surface area contributed by atoms with Gasteiger partial charge >= 0.3 is 0 Å². The molecule has 0 spiro atoms. The zero-order valence-electron chi connectivity index (χ0n) is 13.3. The molecule has 9 heteroatoms. The topological polar surface area (TPSA) is 74.8 Å². The number of fused-ring (bicyclic) bond motifs is 2. The maximum absolute atomic E-state index is 13.1. The number of benzene rings is 1. The molecule has 0 saturated heterocycles. The molecule has 0 unspecified atom stereocenters. The molecule has 1 aliphatic rings. The normalized spacial score (nSPS) is 16.8. The third kappa shape index (κ3) is 2.53. The number of thiazole rings is 2. The number of hydrogen-bond donors (Lipinski definition) is 1. The first-order valence-electron chi connectivity index (χ1n) is 8.00. The van der Waals surface area contributed by atoms with Crippen LogP contribution in [0, 0.1) is 0 Å². The number of halogens is 1. The summed E-state index contributed by atoms with van der Waals surface area (Å²) in [6, 6.07) is 7.66. The molecule has 130 valence electrons. The zero-order valence-corrected chi connectivity index (χ0v) is 15.7. The summed E-state index contributed by atoms with van der Waals surface area (Å²) in [7, 11) is 0. The second-order valence-corrected chi connectivity index (χ2v) is 8.63. The van der Waals surface area contributed by atoms with Gasteiger partial charge < -0.3 is 9.88 Å². The first-order valence-corrected chi connectivity index (χ1v) is 10.0. The molecule has 26 heavy (non-hydrogen) atoms. The summed E-state index contributed by atoms with van der Waals surface area (Å²) >= 11 is 8.75. The summed E-state index contributed by atoms with van der Waals surface area (Å²) in [4.78, 5) is 31.5. The number of nitrogens with zero attached hydrogens (tertiary/aromatic N) is 4. The fourth-order valence-corrected chi connectivity index (χ4v) is 5.18. The Morgan fingerprint density at radius 2 is 2.15 bits per heavy atom. The Labute approximate surface area is 161 Å². The molecule has 1 aromatic carbocycles. The Bertz CT molecular complexity index is 1080. The second-order valence-electron chi connectivity index (χ2n) is 5.91. The van der Waals surface area contributed by atoms with E-state index >= 15 is 0 Å². The van der Waals surface area contributed by atoms with Gasteiger partial charge in [-0.2, -0.15) is 0 Å². The number of amides is 1. The van der Waals surface area contributed by atoms with Crippen LogP contribution >= 0.6 is 34.3 Å². The number of para-hydroxylation sites is 1. The summed E-state index contributed by atoms with van der Waals surface area (Å²) in [5, 5.41) is 1.25. The van der Waals surface area contributed by atoms with Gasteiger partial charge in [0.1, 0.15) is 15.4 Å². The molecule has 0 aliphatic carbocycles. The number of rotatable bonds is 2. The van der Waals surface area contributed by atoms with Crippen LogP contribution in [0.15, 0.2) is 36.8 Å². The number of hydrogen-bond acceptors (Lipinski definition) is 6. The van der Waals surface area contributed by atoms with E-state index in [1.54, 1.807) is 22.6 Å². The number of aromatic amines is 1. The maximum atomic E-state index is 13.1. The van der Waals surface area contributed by atoms with E-state index < -0.39 is 0 Å². The van der Waals surface area contributed by atoms with Crippen molar-refractivity contribution in [2.75, 3.05) is 6.54 Å². The van der Waals surface area contributed by atoms with Crippen LogP contribution in [0.5, 0.6) is 0 Å². The van der Waals surface area contributed by atoms with Gasteiger partial charge in [0.2, 0.25) is 0 Å². The molecule has 4 aromatic rings. The third-order valence-electron chi connectivity index (χ3n) is 4.39. The van der Waals surface area contributed by atoms with Crippen molar-refractivity contribution < 1.29 is 4.79 Å². The first-order chi connectivity index (χ1) is 12.7. The fourth-order valence-electron chi connectivity index (χ4n) is 3.23. The van der Waals surface area contributed by atoms with Crippen molar-refractivity contribution in [2.45, 2.75) is 12.5 Å². The van der Waals surface area contributed by atoms with Crippen molar-refractivity contribution >= 4 is 50.4 Å². The van der Waals surface area contributed by atoms with Crippen LogP contribution < -0.4 is 0 Å². The Morgan fingerprint density at radius 1 is 1.27 bits per heavy atom. The highest BCUT2D eigenvalue weighted by molar-refractivity contribution is 7.18. The molecule has 4 heterocycles. The van der Waals surface area contributed by atoms with E-state index in [-0.39, 0.29) is 11.9 Å². The van der Waals surface area contributed by atoms with Gasteiger partial charge in [-0.1, -0.05) is 35.1 Å². The van der Waals surface area contributed by atoms with Crippen LogP contribution in [-0.4, -0.2) is 37.3 Å². The van der Waals surface area contributed by atoms with Gasteiger partial charge in [0.25, 0.3) is 5.91 Å². The highest BCUT2D eigenvalue weighted by atomic mass is 35.5. The first kappa shape index (κ1) is 15.9. The molecule has 0 saturated carbocycles. The van der Waals surface area contributed by atoms with Gasteiger partial charge in [0.15, 0.2) is 5.01 Å². The molecular weight excluding hydrogens is 390 g/mol. The molecule has 1 N–H and O–H groups in total. The summed E-state index contributed by atoms with van der Waals surface area (Å²) < 4.78 is 1.59. The van der Waals surface area contributed by atoms with Crippen LogP contribution in [-0.2, 0) is 6.42 Å². The molecule has 5 rings (SSSR count). The average molecular weight is 402 g/mol. The van der Waals surface area contributed by atoms with E-state index in [4.69, 9.17) is 16.6 Å². The SMILES string of the molecule is O=C(c1ncc(Cl)s1)N1CCc2[nH]cnc2[C@H]1c1nc2ccccc2s1. The number of carbonyl (C=O) groups is 1. The van der Waals surface area contributed by atoms with Crippen LogP contribution in [0.3, 0.4) is 0 Å². The third-order valence-corrected chi connectivity index (χ3v) is 6.58. The van der Waals surface area contributed by atoms with Crippen molar-refractivity contribution in [3.63, 3.8) is 0 Å². The summed E-state index contributed by atoms with van der Waals surface area (Å²) in [5.74, 6) is -0.139. The van der Waals surface area contributed by atoms with E-state index in [0.717, 1.165) is 33.0 Å². The van der Waals surface area contributed by atoms with Gasteiger partial charge in [-0.05, 0) is 12.1 Å². The van der Waals surface area contributed by atoms with Crippen molar-refractivity contribution in [1.82, 2.24) is 24.8 Å². The summed E-state index contributed by atoms with van der Waals surface area (Å²) in [5.41, 5.74) is 2.83. The van der Waals surface area contributed by atoms with Crippen molar-refractivity contribution in [1.29, 1.82) is 0 Å². The van der Waals surface area contributed by atoms with E-state index in [1.165, 1.54) is 17.5 Å². The fraction of sp³-hybridized carbons (Fsp3) is 0.176. The smallest absolute Gasteiger partial charge is 0.283 e. The number of H-pyrrole nitrogens is 1. The molecule has 0 fully saturated rings. The standard InChI is InChI=1S/C17H12ClN5OS2/c18-12-7-19-16(26-12)17(24)23-6-5-10-13(21-8-20-10)14(23)15-22-9-3-1-2-4-11(9)25-15/h1-4,7-8,14H,5-6H2,(H,20,21)/t14-/m0/s1. The monoisotopic (exact) mass is 401 g/mol. The minimum absolute atomic E-state index is 0.139. The van der Waals surface area contributed by atoms with E-state index in [9.17, 15) is 4.79 Å². The molecule has 1 aliphatic heterocycles. The lowest BCUT2D eigenvalue weighted by Crippen LogP contribution is -2.40. The summed E-state index contributed by atoms with van der Waals surface area (Å²) in [6.07, 6.45) is 3.91. The molecule has 3 aromatic heterocycles. The Kier molecular flexibility index (Phi) is 3.77. The molecule has 1 atom stereocenters. The predicted molar refractivity (Wildman–Crippen MR) is 102 cm³/mol.